The Bertz CT molecular complexity index is 465. The van der Waals surface area contributed by atoms with Gasteiger partial charge >= 0.3 is 0 Å². The molecule has 0 spiro atoms. The highest BCUT2D eigenvalue weighted by molar-refractivity contribution is 7.87. The molecule has 5 nitrogen and oxygen atoms in total. The standard InChI is InChI=1S/C11H20N2O3S/c1-8(2)13(5)17(14,15)12-10(4)11-7-6-9(3)16-11/h6-8,10,12H,1-5H3. The zero-order valence-electron chi connectivity index (χ0n) is 10.9. The van der Waals surface area contributed by atoms with E-state index in [1.165, 1.54) is 4.31 Å². The van der Waals surface area contributed by atoms with Crippen LogP contribution < -0.4 is 4.72 Å². The lowest BCUT2D eigenvalue weighted by Crippen LogP contribution is -2.42. The highest BCUT2D eigenvalue weighted by Gasteiger charge is 2.24. The van der Waals surface area contributed by atoms with E-state index in [2.05, 4.69) is 4.72 Å². The van der Waals surface area contributed by atoms with Gasteiger partial charge in [-0.05, 0) is 39.8 Å². The van der Waals surface area contributed by atoms with Crippen molar-refractivity contribution in [3.05, 3.63) is 23.7 Å². The summed E-state index contributed by atoms with van der Waals surface area (Å²) in [6.07, 6.45) is 0. The highest BCUT2D eigenvalue weighted by Crippen LogP contribution is 2.17. The molecule has 0 radical (unpaired) electrons. The molecular weight excluding hydrogens is 240 g/mol. The van der Waals surface area contributed by atoms with Crippen molar-refractivity contribution >= 4 is 10.2 Å². The van der Waals surface area contributed by atoms with Crippen molar-refractivity contribution in [1.82, 2.24) is 9.03 Å². The lowest BCUT2D eigenvalue weighted by atomic mass is 10.3. The van der Waals surface area contributed by atoms with E-state index in [4.69, 9.17) is 4.42 Å². The molecule has 0 aromatic carbocycles. The molecule has 0 saturated carbocycles. The second kappa shape index (κ2) is 5.20. The molecule has 17 heavy (non-hydrogen) atoms. The topological polar surface area (TPSA) is 62.6 Å². The molecule has 6 heteroatoms. The summed E-state index contributed by atoms with van der Waals surface area (Å²) in [7, 11) is -1.93. The maximum Gasteiger partial charge on any atom is 0.280 e. The lowest BCUT2D eigenvalue weighted by molar-refractivity contribution is 0.387. The van der Waals surface area contributed by atoms with Crippen LogP contribution in [0.15, 0.2) is 16.5 Å². The van der Waals surface area contributed by atoms with E-state index in [0.717, 1.165) is 5.76 Å². The SMILES string of the molecule is Cc1ccc(C(C)NS(=O)(=O)N(C)C(C)C)o1. The maximum atomic E-state index is 11.9. The third-order valence-electron chi connectivity index (χ3n) is 2.62. The molecule has 1 rings (SSSR count). The Morgan fingerprint density at radius 2 is 1.88 bits per heavy atom. The van der Waals surface area contributed by atoms with Crippen LogP contribution in [0.1, 0.15) is 38.3 Å². The van der Waals surface area contributed by atoms with E-state index in [0.29, 0.717) is 5.76 Å². The molecule has 0 aliphatic heterocycles. The monoisotopic (exact) mass is 260 g/mol. The first-order chi connectivity index (χ1) is 7.74. The number of nitrogens with one attached hydrogen (secondary N) is 1. The number of rotatable bonds is 5. The highest BCUT2D eigenvalue weighted by atomic mass is 32.2. The van der Waals surface area contributed by atoms with Crippen molar-refractivity contribution in [2.45, 2.75) is 39.8 Å². The van der Waals surface area contributed by atoms with E-state index in [1.807, 2.05) is 26.8 Å². The van der Waals surface area contributed by atoms with Gasteiger partial charge < -0.3 is 4.42 Å². The molecule has 0 aliphatic rings. The summed E-state index contributed by atoms with van der Waals surface area (Å²) in [6.45, 7) is 7.22. The summed E-state index contributed by atoms with van der Waals surface area (Å²) in [4.78, 5) is 0. The van der Waals surface area contributed by atoms with Gasteiger partial charge in [-0.25, -0.2) is 0 Å². The normalized spacial score (nSPS) is 14.5. The van der Waals surface area contributed by atoms with Gasteiger partial charge in [0.05, 0.1) is 6.04 Å². The molecule has 0 fully saturated rings. The average Bonchev–Trinajstić information content (AvgIpc) is 2.63. The van der Waals surface area contributed by atoms with Gasteiger partial charge in [0.1, 0.15) is 11.5 Å². The van der Waals surface area contributed by atoms with Crippen molar-refractivity contribution in [2.24, 2.45) is 0 Å². The third kappa shape index (κ3) is 3.55. The Kier molecular flexibility index (Phi) is 4.35. The summed E-state index contributed by atoms with van der Waals surface area (Å²) in [5.74, 6) is 1.38. The molecule has 0 aliphatic carbocycles. The fourth-order valence-electron chi connectivity index (χ4n) is 1.33. The van der Waals surface area contributed by atoms with E-state index in [-0.39, 0.29) is 12.1 Å². The first kappa shape index (κ1) is 14.2. The molecule has 0 amide bonds. The van der Waals surface area contributed by atoms with Crippen LogP contribution in [0.25, 0.3) is 0 Å². The Morgan fingerprint density at radius 1 is 1.29 bits per heavy atom. The number of furan rings is 1. The van der Waals surface area contributed by atoms with Crippen LogP contribution in [0.5, 0.6) is 0 Å². The predicted molar refractivity (Wildman–Crippen MR) is 66.8 cm³/mol. The van der Waals surface area contributed by atoms with Gasteiger partial charge in [0.15, 0.2) is 0 Å². The minimum absolute atomic E-state index is 0.0852. The Labute approximate surface area is 103 Å². The van der Waals surface area contributed by atoms with E-state index in [1.54, 1.807) is 20.0 Å². The summed E-state index contributed by atoms with van der Waals surface area (Å²) >= 11 is 0. The Morgan fingerprint density at radius 3 is 2.29 bits per heavy atom. The summed E-state index contributed by atoms with van der Waals surface area (Å²) in [5.41, 5.74) is 0. The van der Waals surface area contributed by atoms with Gasteiger partial charge in [-0.2, -0.15) is 17.4 Å². The van der Waals surface area contributed by atoms with Crippen LogP contribution in [0.2, 0.25) is 0 Å². The van der Waals surface area contributed by atoms with Crippen LogP contribution in [0, 0.1) is 6.92 Å². The van der Waals surface area contributed by atoms with Crippen LogP contribution in [0.3, 0.4) is 0 Å². The maximum absolute atomic E-state index is 11.9. The van der Waals surface area contributed by atoms with Crippen molar-refractivity contribution < 1.29 is 12.8 Å². The predicted octanol–water partition coefficient (Wildman–Crippen LogP) is 1.82. The van der Waals surface area contributed by atoms with Gasteiger partial charge in [0.2, 0.25) is 0 Å². The molecule has 1 atom stereocenters. The molecule has 1 aromatic rings. The van der Waals surface area contributed by atoms with E-state index >= 15 is 0 Å². The number of nitrogens with zero attached hydrogens (tertiary/aromatic N) is 1. The van der Waals surface area contributed by atoms with Gasteiger partial charge in [-0.1, -0.05) is 0 Å². The van der Waals surface area contributed by atoms with Crippen molar-refractivity contribution in [2.75, 3.05) is 7.05 Å². The number of hydrogen-bond donors (Lipinski definition) is 1. The fourth-order valence-corrected chi connectivity index (χ4v) is 2.61. The molecule has 1 unspecified atom stereocenters. The minimum atomic E-state index is -3.47. The zero-order chi connectivity index (χ0) is 13.2. The van der Waals surface area contributed by atoms with Crippen molar-refractivity contribution in [1.29, 1.82) is 0 Å². The number of hydrogen-bond acceptors (Lipinski definition) is 3. The molecular formula is C11H20N2O3S. The summed E-state index contributed by atoms with van der Waals surface area (Å²) < 4.78 is 33.1. The summed E-state index contributed by atoms with van der Waals surface area (Å²) in [6, 6.07) is 3.12. The quantitative estimate of drug-likeness (QED) is 0.878. The smallest absolute Gasteiger partial charge is 0.280 e. The largest absolute Gasteiger partial charge is 0.465 e. The zero-order valence-corrected chi connectivity index (χ0v) is 11.7. The first-order valence-electron chi connectivity index (χ1n) is 5.55. The molecule has 0 bridgehead atoms. The first-order valence-corrected chi connectivity index (χ1v) is 6.99. The second-order valence-corrected chi connectivity index (χ2v) is 6.16. The van der Waals surface area contributed by atoms with Crippen molar-refractivity contribution in [3.8, 4) is 0 Å². The molecule has 1 aromatic heterocycles. The number of aryl methyl sites for hydroxylation is 1. The molecule has 1 heterocycles. The van der Waals surface area contributed by atoms with E-state index < -0.39 is 10.2 Å². The van der Waals surface area contributed by atoms with Gasteiger partial charge in [0.25, 0.3) is 10.2 Å². The van der Waals surface area contributed by atoms with Crippen LogP contribution in [-0.4, -0.2) is 25.8 Å². The van der Waals surface area contributed by atoms with Gasteiger partial charge in [-0.15, -0.1) is 0 Å². The average molecular weight is 260 g/mol. The van der Waals surface area contributed by atoms with Gasteiger partial charge in [0, 0.05) is 13.1 Å². The molecule has 1 N–H and O–H groups in total. The van der Waals surface area contributed by atoms with E-state index in [9.17, 15) is 8.42 Å². The van der Waals surface area contributed by atoms with Crippen molar-refractivity contribution in [3.63, 3.8) is 0 Å². The Balaban J connectivity index is 2.78. The molecule has 98 valence electrons. The Hall–Kier alpha value is -0.850. The van der Waals surface area contributed by atoms with Crippen LogP contribution >= 0.6 is 0 Å². The third-order valence-corrected chi connectivity index (χ3v) is 4.45. The summed E-state index contributed by atoms with van der Waals surface area (Å²) in [5, 5.41) is 0. The second-order valence-electron chi connectivity index (χ2n) is 4.40. The van der Waals surface area contributed by atoms with Gasteiger partial charge in [-0.3, -0.25) is 0 Å². The minimum Gasteiger partial charge on any atom is -0.465 e. The molecule has 0 saturated heterocycles. The fraction of sp³-hybridized carbons (Fsp3) is 0.636. The van der Waals surface area contributed by atoms with Crippen LogP contribution in [-0.2, 0) is 10.2 Å². The van der Waals surface area contributed by atoms with Crippen LogP contribution in [0.4, 0.5) is 0 Å². The lowest BCUT2D eigenvalue weighted by Gasteiger charge is -2.23.